The maximum Gasteiger partial charge on any atom is 0.387 e. The number of piperidine rings is 1. The Morgan fingerprint density at radius 3 is 2.95 bits per heavy atom. The minimum atomic E-state index is -2.99. The Morgan fingerprint density at radius 2 is 2.29 bits per heavy atom. The highest BCUT2D eigenvalue weighted by molar-refractivity contribution is 6.32. The number of benzene rings is 1. The van der Waals surface area contributed by atoms with Crippen molar-refractivity contribution in [3.8, 4) is 5.75 Å². The fourth-order valence-electron chi connectivity index (χ4n) is 2.11. The van der Waals surface area contributed by atoms with Crippen molar-refractivity contribution in [3.63, 3.8) is 0 Å². The van der Waals surface area contributed by atoms with Crippen molar-refractivity contribution < 1.29 is 23.4 Å². The van der Waals surface area contributed by atoms with Crippen molar-refractivity contribution >= 4 is 23.3 Å². The SMILES string of the molecule is O=C(Nc1ccc(Cl)c(OC(F)F)c1)N1CCCC(O)C1. The van der Waals surface area contributed by atoms with E-state index >= 15 is 0 Å². The Hall–Kier alpha value is -1.60. The number of hydrogen-bond donors (Lipinski definition) is 2. The van der Waals surface area contributed by atoms with Gasteiger partial charge in [-0.05, 0) is 25.0 Å². The van der Waals surface area contributed by atoms with Gasteiger partial charge in [-0.3, -0.25) is 0 Å². The van der Waals surface area contributed by atoms with Crippen LogP contribution in [0, 0.1) is 0 Å². The highest BCUT2D eigenvalue weighted by atomic mass is 35.5. The first-order chi connectivity index (χ1) is 9.95. The van der Waals surface area contributed by atoms with Gasteiger partial charge < -0.3 is 20.1 Å². The van der Waals surface area contributed by atoms with Crippen molar-refractivity contribution in [1.82, 2.24) is 4.90 Å². The maximum atomic E-state index is 12.2. The number of alkyl halides is 2. The predicted octanol–water partition coefficient (Wildman–Crippen LogP) is 2.93. The average molecular weight is 321 g/mol. The number of anilines is 1. The zero-order valence-electron chi connectivity index (χ0n) is 11.1. The molecule has 1 aliphatic heterocycles. The highest BCUT2D eigenvalue weighted by Gasteiger charge is 2.22. The molecule has 2 N–H and O–H groups in total. The summed E-state index contributed by atoms with van der Waals surface area (Å²) in [5.74, 6) is -0.205. The molecule has 2 rings (SSSR count). The zero-order chi connectivity index (χ0) is 15.4. The van der Waals surface area contributed by atoms with E-state index in [0.717, 1.165) is 6.42 Å². The summed E-state index contributed by atoms with van der Waals surface area (Å²) in [6, 6.07) is 3.67. The van der Waals surface area contributed by atoms with E-state index in [9.17, 15) is 18.7 Å². The van der Waals surface area contributed by atoms with Crippen LogP contribution in [0.3, 0.4) is 0 Å². The van der Waals surface area contributed by atoms with Crippen molar-refractivity contribution in [3.05, 3.63) is 23.2 Å². The van der Waals surface area contributed by atoms with E-state index < -0.39 is 18.7 Å². The molecule has 0 radical (unpaired) electrons. The normalized spacial score (nSPS) is 18.7. The largest absolute Gasteiger partial charge is 0.433 e. The third-order valence-electron chi connectivity index (χ3n) is 3.08. The van der Waals surface area contributed by atoms with Gasteiger partial charge in [-0.1, -0.05) is 11.6 Å². The number of hydrogen-bond acceptors (Lipinski definition) is 3. The number of carbonyl (C=O) groups is 1. The Kier molecular flexibility index (Phi) is 5.19. The summed E-state index contributed by atoms with van der Waals surface area (Å²) in [5.41, 5.74) is 0.292. The molecule has 1 aromatic rings. The van der Waals surface area contributed by atoms with Gasteiger partial charge in [0.05, 0.1) is 11.1 Å². The number of ether oxygens (including phenoxy) is 1. The molecule has 8 heteroatoms. The minimum Gasteiger partial charge on any atom is -0.433 e. The van der Waals surface area contributed by atoms with E-state index in [1.165, 1.54) is 23.1 Å². The second kappa shape index (κ2) is 6.91. The quantitative estimate of drug-likeness (QED) is 0.900. The van der Waals surface area contributed by atoms with Gasteiger partial charge in [0.2, 0.25) is 0 Å². The average Bonchev–Trinajstić information content (AvgIpc) is 2.42. The molecule has 0 aliphatic carbocycles. The number of nitrogens with one attached hydrogen (secondary N) is 1. The van der Waals surface area contributed by atoms with Gasteiger partial charge in [-0.25, -0.2) is 4.79 Å². The predicted molar refractivity (Wildman–Crippen MR) is 73.9 cm³/mol. The van der Waals surface area contributed by atoms with E-state index in [0.29, 0.717) is 18.7 Å². The lowest BCUT2D eigenvalue weighted by Gasteiger charge is -2.30. The van der Waals surface area contributed by atoms with Crippen LogP contribution in [0.4, 0.5) is 19.3 Å². The number of amides is 2. The molecule has 5 nitrogen and oxygen atoms in total. The van der Waals surface area contributed by atoms with E-state index in [1.807, 2.05) is 0 Å². The van der Waals surface area contributed by atoms with Crippen LogP contribution >= 0.6 is 11.6 Å². The summed E-state index contributed by atoms with van der Waals surface area (Å²) >= 11 is 5.73. The van der Waals surface area contributed by atoms with Gasteiger partial charge in [0.25, 0.3) is 0 Å². The molecule has 0 spiro atoms. The van der Waals surface area contributed by atoms with E-state index in [1.54, 1.807) is 0 Å². The van der Waals surface area contributed by atoms with Gasteiger partial charge in [0.15, 0.2) is 0 Å². The van der Waals surface area contributed by atoms with Gasteiger partial charge in [0, 0.05) is 24.8 Å². The lowest BCUT2D eigenvalue weighted by atomic mass is 10.1. The second-order valence-electron chi connectivity index (χ2n) is 4.70. The Labute approximate surface area is 125 Å². The van der Waals surface area contributed by atoms with Crippen LogP contribution in [0.2, 0.25) is 5.02 Å². The molecule has 1 aromatic carbocycles. The van der Waals surface area contributed by atoms with Crippen LogP contribution in [-0.4, -0.2) is 41.8 Å². The molecule has 0 bridgehead atoms. The number of β-amino-alcohol motifs (C(OH)–C–C–N with tert-alkyl or cyclic N) is 1. The molecule has 0 saturated carbocycles. The Balaban J connectivity index is 2.03. The van der Waals surface area contributed by atoms with Crippen LogP contribution in [0.15, 0.2) is 18.2 Å². The van der Waals surface area contributed by atoms with Crippen molar-refractivity contribution in [2.75, 3.05) is 18.4 Å². The molecule has 116 valence electrons. The number of rotatable bonds is 3. The smallest absolute Gasteiger partial charge is 0.387 e. The number of urea groups is 1. The van der Waals surface area contributed by atoms with E-state index in [4.69, 9.17) is 11.6 Å². The van der Waals surface area contributed by atoms with E-state index in [-0.39, 0.29) is 17.3 Å². The molecular weight excluding hydrogens is 306 g/mol. The topological polar surface area (TPSA) is 61.8 Å². The standard InChI is InChI=1S/C13H15ClF2N2O3/c14-10-4-3-8(6-11(10)21-12(15)16)17-13(20)18-5-1-2-9(19)7-18/h3-4,6,9,12,19H,1-2,5,7H2,(H,17,20). The maximum absolute atomic E-state index is 12.2. The van der Waals surface area contributed by atoms with E-state index in [2.05, 4.69) is 10.1 Å². The van der Waals surface area contributed by atoms with Crippen molar-refractivity contribution in [2.24, 2.45) is 0 Å². The number of aliphatic hydroxyl groups is 1. The van der Waals surface area contributed by atoms with Crippen LogP contribution < -0.4 is 10.1 Å². The number of halogens is 3. The van der Waals surface area contributed by atoms with Crippen molar-refractivity contribution in [2.45, 2.75) is 25.6 Å². The van der Waals surface area contributed by atoms with Gasteiger partial charge in [0.1, 0.15) is 5.75 Å². The lowest BCUT2D eigenvalue weighted by Crippen LogP contribution is -2.44. The van der Waals surface area contributed by atoms with Crippen LogP contribution in [-0.2, 0) is 0 Å². The summed E-state index contributed by atoms with van der Waals surface area (Å²) in [7, 11) is 0. The van der Waals surface area contributed by atoms with Crippen LogP contribution in [0.5, 0.6) is 5.75 Å². The second-order valence-corrected chi connectivity index (χ2v) is 5.10. The molecule has 2 amide bonds. The number of likely N-dealkylation sites (tertiary alicyclic amines) is 1. The van der Waals surface area contributed by atoms with Gasteiger partial charge in [-0.15, -0.1) is 0 Å². The Morgan fingerprint density at radius 1 is 1.52 bits per heavy atom. The first-order valence-electron chi connectivity index (χ1n) is 6.44. The molecule has 1 unspecified atom stereocenters. The summed E-state index contributed by atoms with van der Waals surface area (Å²) in [6.07, 6.45) is 0.846. The molecule has 1 fully saturated rings. The monoisotopic (exact) mass is 320 g/mol. The highest BCUT2D eigenvalue weighted by Crippen LogP contribution is 2.29. The first kappa shape index (κ1) is 15.8. The molecular formula is C13H15ClF2N2O3. The third-order valence-corrected chi connectivity index (χ3v) is 3.39. The van der Waals surface area contributed by atoms with Crippen molar-refractivity contribution in [1.29, 1.82) is 0 Å². The molecule has 21 heavy (non-hydrogen) atoms. The summed E-state index contributed by atoms with van der Waals surface area (Å²) < 4.78 is 28.7. The van der Waals surface area contributed by atoms with Gasteiger partial charge >= 0.3 is 12.6 Å². The number of aliphatic hydroxyl groups excluding tert-OH is 1. The third kappa shape index (κ3) is 4.44. The molecule has 0 aromatic heterocycles. The number of carbonyl (C=O) groups excluding carboxylic acids is 1. The van der Waals surface area contributed by atoms with Crippen LogP contribution in [0.25, 0.3) is 0 Å². The van der Waals surface area contributed by atoms with Gasteiger partial charge in [-0.2, -0.15) is 8.78 Å². The summed E-state index contributed by atoms with van der Waals surface area (Å²) in [4.78, 5) is 13.5. The Bertz CT molecular complexity index is 516. The fourth-order valence-corrected chi connectivity index (χ4v) is 2.27. The minimum absolute atomic E-state index is 0.0293. The summed E-state index contributed by atoms with van der Waals surface area (Å²) in [6.45, 7) is -2.21. The molecule has 1 atom stereocenters. The fraction of sp³-hybridized carbons (Fsp3) is 0.462. The number of nitrogens with zero attached hydrogens (tertiary/aromatic N) is 1. The lowest BCUT2D eigenvalue weighted by molar-refractivity contribution is -0.0497. The molecule has 1 saturated heterocycles. The molecule has 1 heterocycles. The first-order valence-corrected chi connectivity index (χ1v) is 6.82. The van der Waals surface area contributed by atoms with Crippen LogP contribution in [0.1, 0.15) is 12.8 Å². The zero-order valence-corrected chi connectivity index (χ0v) is 11.8. The molecule has 1 aliphatic rings. The summed E-state index contributed by atoms with van der Waals surface area (Å²) in [5, 5.41) is 12.1.